The van der Waals surface area contributed by atoms with Crippen LogP contribution in [-0.4, -0.2) is 35.7 Å². The van der Waals surface area contributed by atoms with E-state index >= 15 is 0 Å². The Labute approximate surface area is 102 Å². The van der Waals surface area contributed by atoms with E-state index in [-0.39, 0.29) is 16.5 Å². The Morgan fingerprint density at radius 1 is 1.18 bits per heavy atom. The van der Waals surface area contributed by atoms with Gasteiger partial charge >= 0.3 is 0 Å². The van der Waals surface area contributed by atoms with Crippen LogP contribution in [0.2, 0.25) is 0 Å². The van der Waals surface area contributed by atoms with Crippen LogP contribution in [0.1, 0.15) is 44.9 Å². The van der Waals surface area contributed by atoms with Crippen molar-refractivity contribution in [3.05, 3.63) is 0 Å². The van der Waals surface area contributed by atoms with Crippen LogP contribution in [0, 0.1) is 5.92 Å². The smallest absolute Gasteiger partial charge is 0.156 e. The minimum Gasteiger partial charge on any atom is -0.388 e. The van der Waals surface area contributed by atoms with E-state index < -0.39 is 15.4 Å². The van der Waals surface area contributed by atoms with Crippen LogP contribution in [-0.2, 0) is 9.84 Å². The number of sulfone groups is 1. The molecule has 3 unspecified atom stereocenters. The summed E-state index contributed by atoms with van der Waals surface area (Å²) in [5, 5.41) is 9.97. The third-order valence-electron chi connectivity index (χ3n) is 4.88. The molecule has 2 saturated heterocycles. The molecule has 0 spiro atoms. The number of fused-ring (bicyclic) bond motifs is 2. The number of aliphatic hydroxyl groups is 1. The molecule has 5 heteroatoms. The predicted octanol–water partition coefficient (Wildman–Crippen LogP) is 0.584. The van der Waals surface area contributed by atoms with E-state index in [2.05, 4.69) is 0 Å². The van der Waals surface area contributed by atoms with E-state index in [1.54, 1.807) is 0 Å². The Balaban J connectivity index is 1.77. The first-order chi connectivity index (χ1) is 7.92. The Morgan fingerprint density at radius 3 is 2.18 bits per heavy atom. The van der Waals surface area contributed by atoms with Crippen molar-refractivity contribution in [2.45, 2.75) is 67.1 Å². The second kappa shape index (κ2) is 3.68. The van der Waals surface area contributed by atoms with Crippen molar-refractivity contribution in [2.24, 2.45) is 11.7 Å². The Kier molecular flexibility index (Phi) is 2.58. The lowest BCUT2D eigenvalue weighted by Gasteiger charge is -2.40. The van der Waals surface area contributed by atoms with Crippen molar-refractivity contribution in [3.63, 3.8) is 0 Å². The van der Waals surface area contributed by atoms with Gasteiger partial charge in [0.1, 0.15) is 0 Å². The van der Waals surface area contributed by atoms with Crippen LogP contribution in [0.25, 0.3) is 0 Å². The largest absolute Gasteiger partial charge is 0.388 e. The zero-order valence-corrected chi connectivity index (χ0v) is 10.8. The van der Waals surface area contributed by atoms with Gasteiger partial charge < -0.3 is 10.8 Å². The quantitative estimate of drug-likeness (QED) is 0.777. The van der Waals surface area contributed by atoms with E-state index in [1.807, 2.05) is 0 Å². The lowest BCUT2D eigenvalue weighted by Crippen LogP contribution is -2.55. The summed E-state index contributed by atoms with van der Waals surface area (Å²) in [5.74, 6) is 0.671. The van der Waals surface area contributed by atoms with Crippen molar-refractivity contribution >= 4 is 9.84 Å². The van der Waals surface area contributed by atoms with E-state index in [4.69, 9.17) is 5.73 Å². The number of nitrogens with two attached hydrogens (primary N) is 1. The van der Waals surface area contributed by atoms with Crippen LogP contribution < -0.4 is 5.73 Å². The Hall–Kier alpha value is -0.130. The molecule has 3 atom stereocenters. The average molecular weight is 259 g/mol. The van der Waals surface area contributed by atoms with E-state index in [9.17, 15) is 13.5 Å². The summed E-state index contributed by atoms with van der Waals surface area (Å²) in [7, 11) is -2.96. The molecule has 17 heavy (non-hydrogen) atoms. The monoisotopic (exact) mass is 259 g/mol. The highest BCUT2D eigenvalue weighted by Gasteiger charge is 2.54. The van der Waals surface area contributed by atoms with E-state index in [0.29, 0.717) is 31.6 Å². The van der Waals surface area contributed by atoms with Gasteiger partial charge in [-0.05, 0) is 38.0 Å². The molecule has 0 aromatic rings. The lowest BCUT2D eigenvalue weighted by molar-refractivity contribution is -0.00718. The molecule has 98 valence electrons. The first-order valence-corrected chi connectivity index (χ1v) is 8.23. The average Bonchev–Trinajstić information content (AvgIpc) is 3.01. The Morgan fingerprint density at radius 2 is 1.71 bits per heavy atom. The molecule has 2 aliphatic heterocycles. The summed E-state index contributed by atoms with van der Waals surface area (Å²) in [5.41, 5.74) is 5.19. The fourth-order valence-corrected chi connectivity index (χ4v) is 6.03. The first kappa shape index (κ1) is 11.9. The van der Waals surface area contributed by atoms with Crippen molar-refractivity contribution in [1.82, 2.24) is 0 Å². The maximum absolute atomic E-state index is 12.0. The molecular formula is C12H21NO3S. The summed E-state index contributed by atoms with van der Waals surface area (Å²) in [6.45, 7) is 0. The molecule has 1 aliphatic carbocycles. The highest BCUT2D eigenvalue weighted by Crippen LogP contribution is 2.46. The third kappa shape index (κ3) is 1.92. The zero-order chi connectivity index (χ0) is 12.3. The van der Waals surface area contributed by atoms with Crippen LogP contribution in [0.4, 0.5) is 0 Å². The fourth-order valence-electron chi connectivity index (χ4n) is 3.52. The Bertz CT molecular complexity index is 395. The molecule has 0 aromatic heterocycles. The predicted molar refractivity (Wildman–Crippen MR) is 65.2 cm³/mol. The summed E-state index contributed by atoms with van der Waals surface area (Å²) < 4.78 is 23.9. The van der Waals surface area contributed by atoms with Gasteiger partial charge in [-0.1, -0.05) is 12.8 Å². The summed E-state index contributed by atoms with van der Waals surface area (Å²) in [6.07, 6.45) is 5.44. The van der Waals surface area contributed by atoms with Gasteiger partial charge in [0.25, 0.3) is 0 Å². The molecule has 3 N–H and O–H groups in total. The van der Waals surface area contributed by atoms with E-state index in [1.165, 1.54) is 12.8 Å². The molecule has 2 heterocycles. The molecule has 0 radical (unpaired) electrons. The van der Waals surface area contributed by atoms with Crippen LogP contribution >= 0.6 is 0 Å². The van der Waals surface area contributed by atoms with Gasteiger partial charge in [0.05, 0.1) is 16.1 Å². The summed E-state index contributed by atoms with van der Waals surface area (Å²) >= 11 is 0. The normalized spacial score (nSPS) is 45.8. The molecule has 3 aliphatic rings. The van der Waals surface area contributed by atoms with Gasteiger partial charge in [-0.25, -0.2) is 8.42 Å². The topological polar surface area (TPSA) is 80.4 Å². The number of hydrogen-bond acceptors (Lipinski definition) is 4. The van der Waals surface area contributed by atoms with Gasteiger partial charge in [0, 0.05) is 6.04 Å². The first-order valence-electron chi connectivity index (χ1n) is 6.62. The van der Waals surface area contributed by atoms with Crippen LogP contribution in [0.15, 0.2) is 0 Å². The van der Waals surface area contributed by atoms with E-state index in [0.717, 1.165) is 6.42 Å². The maximum Gasteiger partial charge on any atom is 0.156 e. The van der Waals surface area contributed by atoms with Gasteiger partial charge in [-0.2, -0.15) is 0 Å². The second-order valence-corrected chi connectivity index (χ2v) is 8.72. The standard InChI is InChI=1S/C12H21NO3S/c13-11(5-8-1-2-8)12(14)6-9-3-4-10(7-12)17(9,15)16/h8-11,14H,1-7,13H2. The highest BCUT2D eigenvalue weighted by atomic mass is 32.2. The molecule has 1 saturated carbocycles. The van der Waals surface area contributed by atoms with Gasteiger partial charge in [0.2, 0.25) is 0 Å². The molecule has 3 rings (SSSR count). The molecule has 0 amide bonds. The van der Waals surface area contributed by atoms with Crippen molar-refractivity contribution in [1.29, 1.82) is 0 Å². The minimum absolute atomic E-state index is 0.242. The van der Waals surface area contributed by atoms with Crippen molar-refractivity contribution in [3.8, 4) is 0 Å². The summed E-state index contributed by atoms with van der Waals surface area (Å²) in [6, 6.07) is -0.242. The molecular weight excluding hydrogens is 238 g/mol. The molecule has 2 bridgehead atoms. The molecule has 4 nitrogen and oxygen atoms in total. The van der Waals surface area contributed by atoms with Gasteiger partial charge in [-0.3, -0.25) is 0 Å². The summed E-state index contributed by atoms with van der Waals surface area (Å²) in [4.78, 5) is 0. The van der Waals surface area contributed by atoms with Crippen LogP contribution in [0.3, 0.4) is 0 Å². The molecule has 3 fully saturated rings. The number of rotatable bonds is 3. The number of hydrogen-bond donors (Lipinski definition) is 2. The fraction of sp³-hybridized carbons (Fsp3) is 1.00. The van der Waals surface area contributed by atoms with Crippen molar-refractivity contribution in [2.75, 3.05) is 0 Å². The van der Waals surface area contributed by atoms with Crippen LogP contribution in [0.5, 0.6) is 0 Å². The third-order valence-corrected chi connectivity index (χ3v) is 7.54. The minimum atomic E-state index is -2.96. The van der Waals surface area contributed by atoms with Crippen molar-refractivity contribution < 1.29 is 13.5 Å². The molecule has 0 aromatic carbocycles. The second-order valence-electron chi connectivity index (χ2n) is 6.21. The maximum atomic E-state index is 12.0. The highest BCUT2D eigenvalue weighted by molar-refractivity contribution is 7.93. The van der Waals surface area contributed by atoms with Gasteiger partial charge in [-0.15, -0.1) is 0 Å². The zero-order valence-electron chi connectivity index (χ0n) is 10.0. The SMILES string of the molecule is NC(CC1CC1)C1(O)CC2CCC(C1)S2(=O)=O. The lowest BCUT2D eigenvalue weighted by atomic mass is 9.83. The van der Waals surface area contributed by atoms with Gasteiger partial charge in [0.15, 0.2) is 9.84 Å².